The van der Waals surface area contributed by atoms with E-state index in [2.05, 4.69) is 0 Å². The number of carbonyl (C=O) groups is 2. The number of amides is 1. The summed E-state index contributed by atoms with van der Waals surface area (Å²) in [4.78, 5) is 27.9. The molecule has 1 N–H and O–H groups in total. The molecule has 1 aliphatic rings. The van der Waals surface area contributed by atoms with Gasteiger partial charge in [0.1, 0.15) is 28.8 Å². The number of hydrogen-bond acceptors (Lipinski definition) is 6. The molecule has 4 rings (SSSR count). The first-order valence-electron chi connectivity index (χ1n) is 11.3. The highest BCUT2D eigenvalue weighted by Gasteiger charge is 2.47. The Labute approximate surface area is 208 Å². The zero-order valence-electron chi connectivity index (χ0n) is 20.3. The number of Topliss-reactive ketones (excluding diaryl/α,β-unsaturated/α-hetero) is 1. The first kappa shape index (κ1) is 24.8. The number of aliphatic hydroxyl groups excluding tert-OH is 1. The van der Waals surface area contributed by atoms with Gasteiger partial charge in [0, 0.05) is 5.69 Å². The molecule has 0 spiro atoms. The van der Waals surface area contributed by atoms with Gasteiger partial charge in [0.15, 0.2) is 0 Å². The molecular formula is C28H26FNO6. The Hall–Kier alpha value is -4.33. The predicted octanol–water partition coefficient (Wildman–Crippen LogP) is 5.26. The smallest absolute Gasteiger partial charge is 0.300 e. The molecule has 1 atom stereocenters. The van der Waals surface area contributed by atoms with Crippen LogP contribution in [0, 0.1) is 5.82 Å². The number of ether oxygens (including phenoxy) is 3. The summed E-state index contributed by atoms with van der Waals surface area (Å²) >= 11 is 0. The lowest BCUT2D eigenvalue weighted by Gasteiger charge is -2.26. The van der Waals surface area contributed by atoms with Gasteiger partial charge in [0.25, 0.3) is 11.7 Å². The van der Waals surface area contributed by atoms with E-state index in [1.165, 1.54) is 31.3 Å². The molecular weight excluding hydrogens is 465 g/mol. The second-order valence-corrected chi connectivity index (χ2v) is 8.45. The van der Waals surface area contributed by atoms with Gasteiger partial charge in [-0.25, -0.2) is 4.39 Å². The fourth-order valence-corrected chi connectivity index (χ4v) is 4.17. The van der Waals surface area contributed by atoms with E-state index in [1.54, 1.807) is 48.5 Å². The van der Waals surface area contributed by atoms with Crippen molar-refractivity contribution in [2.24, 2.45) is 0 Å². The van der Waals surface area contributed by atoms with Crippen LogP contribution in [0.2, 0.25) is 0 Å². The molecule has 1 aliphatic heterocycles. The summed E-state index contributed by atoms with van der Waals surface area (Å²) in [6.45, 7) is 3.80. The number of benzene rings is 3. The highest BCUT2D eigenvalue weighted by Crippen LogP contribution is 2.44. The van der Waals surface area contributed by atoms with Crippen LogP contribution >= 0.6 is 0 Å². The molecule has 0 aliphatic carbocycles. The van der Waals surface area contributed by atoms with Crippen molar-refractivity contribution < 1.29 is 33.3 Å². The van der Waals surface area contributed by atoms with Crippen LogP contribution in [0.1, 0.15) is 31.0 Å². The first-order chi connectivity index (χ1) is 17.2. The topological polar surface area (TPSA) is 85.3 Å². The van der Waals surface area contributed by atoms with Gasteiger partial charge in [-0.15, -0.1) is 0 Å². The maximum Gasteiger partial charge on any atom is 0.300 e. The van der Waals surface area contributed by atoms with Crippen LogP contribution in [-0.4, -0.2) is 37.1 Å². The van der Waals surface area contributed by atoms with Crippen molar-refractivity contribution in [3.8, 4) is 17.2 Å². The molecule has 1 unspecified atom stereocenters. The Bertz CT molecular complexity index is 1310. The number of ketones is 1. The average molecular weight is 492 g/mol. The van der Waals surface area contributed by atoms with Gasteiger partial charge in [-0.2, -0.15) is 0 Å². The predicted molar refractivity (Wildman–Crippen MR) is 133 cm³/mol. The monoisotopic (exact) mass is 491 g/mol. The van der Waals surface area contributed by atoms with Gasteiger partial charge in [-0.1, -0.05) is 12.1 Å². The molecule has 186 valence electrons. The second kappa shape index (κ2) is 10.1. The van der Waals surface area contributed by atoms with E-state index in [-0.39, 0.29) is 23.0 Å². The summed E-state index contributed by atoms with van der Waals surface area (Å²) < 4.78 is 30.3. The van der Waals surface area contributed by atoms with Gasteiger partial charge in [-0.3, -0.25) is 14.5 Å². The van der Waals surface area contributed by atoms with Crippen molar-refractivity contribution in [2.75, 3.05) is 19.1 Å². The van der Waals surface area contributed by atoms with E-state index in [4.69, 9.17) is 14.2 Å². The van der Waals surface area contributed by atoms with Crippen molar-refractivity contribution in [1.82, 2.24) is 0 Å². The van der Waals surface area contributed by atoms with E-state index in [9.17, 15) is 19.1 Å². The minimum Gasteiger partial charge on any atom is -0.507 e. The maximum atomic E-state index is 14.1. The summed E-state index contributed by atoms with van der Waals surface area (Å²) in [6, 6.07) is 16.1. The quantitative estimate of drug-likeness (QED) is 0.276. The number of carbonyl (C=O) groups excluding carboxylic acids is 2. The molecule has 3 aromatic rings. The van der Waals surface area contributed by atoms with Crippen LogP contribution in [-0.2, 0) is 9.59 Å². The number of hydrogen-bond donors (Lipinski definition) is 1. The fraction of sp³-hybridized carbons (Fsp3) is 0.214. The van der Waals surface area contributed by atoms with Gasteiger partial charge in [-0.05, 0) is 74.0 Å². The van der Waals surface area contributed by atoms with Gasteiger partial charge in [0.05, 0.1) is 37.5 Å². The van der Waals surface area contributed by atoms with Gasteiger partial charge >= 0.3 is 0 Å². The van der Waals surface area contributed by atoms with Crippen molar-refractivity contribution in [2.45, 2.75) is 26.0 Å². The van der Waals surface area contributed by atoms with Crippen LogP contribution in [0.25, 0.3) is 5.76 Å². The van der Waals surface area contributed by atoms with E-state index < -0.39 is 29.3 Å². The zero-order valence-corrected chi connectivity index (χ0v) is 20.3. The Morgan fingerprint density at radius 3 is 2.14 bits per heavy atom. The van der Waals surface area contributed by atoms with Crippen molar-refractivity contribution in [1.29, 1.82) is 0 Å². The highest BCUT2D eigenvalue weighted by molar-refractivity contribution is 6.51. The number of methoxy groups -OCH3 is 2. The minimum absolute atomic E-state index is 0.0327. The normalized spacial score (nSPS) is 16.9. The lowest BCUT2D eigenvalue weighted by Crippen LogP contribution is -2.29. The second-order valence-electron chi connectivity index (χ2n) is 8.45. The lowest BCUT2D eigenvalue weighted by atomic mass is 9.94. The molecule has 36 heavy (non-hydrogen) atoms. The standard InChI is InChI=1S/C28H26FNO6/c1-16(2)36-21-12-8-19(9-13-21)30-25(17-5-10-20(34-3)11-6-17)24(27(32)28(30)33)26(31)22-15-18(29)7-14-23(22)35-4/h5-16,25,31H,1-4H3/b26-24+. The van der Waals surface area contributed by atoms with Crippen molar-refractivity contribution >= 4 is 23.1 Å². The Kier molecular flexibility index (Phi) is 6.96. The van der Waals surface area contributed by atoms with Crippen molar-refractivity contribution in [3.05, 3.63) is 89.2 Å². The molecule has 0 aromatic heterocycles. The maximum absolute atomic E-state index is 14.1. The van der Waals surface area contributed by atoms with Crippen LogP contribution < -0.4 is 19.1 Å². The van der Waals surface area contributed by atoms with Gasteiger partial charge in [0.2, 0.25) is 0 Å². The summed E-state index contributed by atoms with van der Waals surface area (Å²) in [5.74, 6) is -1.55. The summed E-state index contributed by atoms with van der Waals surface area (Å²) in [5, 5.41) is 11.3. The Morgan fingerprint density at radius 2 is 1.56 bits per heavy atom. The van der Waals surface area contributed by atoms with Gasteiger partial charge < -0.3 is 19.3 Å². The van der Waals surface area contributed by atoms with Crippen molar-refractivity contribution in [3.63, 3.8) is 0 Å². The van der Waals surface area contributed by atoms with E-state index in [0.717, 1.165) is 6.07 Å². The Balaban J connectivity index is 1.91. The van der Waals surface area contributed by atoms with Crippen LogP contribution in [0.5, 0.6) is 17.2 Å². The Morgan fingerprint density at radius 1 is 0.917 bits per heavy atom. The van der Waals surface area contributed by atoms with E-state index >= 15 is 0 Å². The molecule has 1 saturated heterocycles. The first-order valence-corrected chi connectivity index (χ1v) is 11.3. The third-order valence-corrected chi connectivity index (χ3v) is 5.78. The molecule has 7 nitrogen and oxygen atoms in total. The molecule has 8 heteroatoms. The molecule has 1 fully saturated rings. The SMILES string of the molecule is COc1ccc(C2/C(=C(\O)c3cc(F)ccc3OC)C(=O)C(=O)N2c2ccc(OC(C)C)cc2)cc1. The van der Waals surface area contributed by atoms with E-state index in [0.29, 0.717) is 22.7 Å². The molecule has 0 radical (unpaired) electrons. The molecule has 3 aromatic carbocycles. The highest BCUT2D eigenvalue weighted by atomic mass is 19.1. The van der Waals surface area contributed by atoms with Crippen LogP contribution in [0.4, 0.5) is 10.1 Å². The van der Waals surface area contributed by atoms with E-state index in [1.807, 2.05) is 13.8 Å². The lowest BCUT2D eigenvalue weighted by molar-refractivity contribution is -0.132. The summed E-state index contributed by atoms with van der Waals surface area (Å²) in [6.07, 6.45) is -0.0365. The fourth-order valence-electron chi connectivity index (χ4n) is 4.17. The largest absolute Gasteiger partial charge is 0.507 e. The molecule has 0 saturated carbocycles. The number of anilines is 1. The van der Waals surface area contributed by atoms with Crippen LogP contribution in [0.15, 0.2) is 72.3 Å². The molecule has 0 bridgehead atoms. The zero-order chi connectivity index (χ0) is 26.0. The minimum atomic E-state index is -0.985. The number of nitrogens with zero attached hydrogens (tertiary/aromatic N) is 1. The third-order valence-electron chi connectivity index (χ3n) is 5.78. The third kappa shape index (κ3) is 4.62. The number of aliphatic hydroxyl groups is 1. The van der Waals surface area contributed by atoms with Crippen LogP contribution in [0.3, 0.4) is 0 Å². The number of halogens is 1. The average Bonchev–Trinajstić information content (AvgIpc) is 3.14. The summed E-state index contributed by atoms with van der Waals surface area (Å²) in [7, 11) is 2.89. The molecule has 1 amide bonds. The summed E-state index contributed by atoms with van der Waals surface area (Å²) in [5.41, 5.74) is 0.764. The number of rotatable bonds is 7. The molecule has 1 heterocycles.